The van der Waals surface area contributed by atoms with Crippen LogP contribution in [0.5, 0.6) is 23.0 Å². The molecule has 1 atom stereocenters. The number of carbonyl (C=O) groups excluding carboxylic acids is 1. The molecule has 4 aromatic rings. The van der Waals surface area contributed by atoms with Gasteiger partial charge in [0, 0.05) is 16.9 Å². The van der Waals surface area contributed by atoms with Crippen molar-refractivity contribution < 1.29 is 23.7 Å². The van der Waals surface area contributed by atoms with Gasteiger partial charge < -0.3 is 29.6 Å². The van der Waals surface area contributed by atoms with E-state index < -0.39 is 6.04 Å². The Kier molecular flexibility index (Phi) is 7.09. The van der Waals surface area contributed by atoms with Crippen molar-refractivity contribution in [2.75, 3.05) is 39.1 Å². The summed E-state index contributed by atoms with van der Waals surface area (Å²) in [6.45, 7) is 1.85. The highest BCUT2D eigenvalue weighted by molar-refractivity contribution is 6.06. The number of fused-ring (bicyclic) bond motifs is 1. The molecule has 10 heteroatoms. The third-order valence-corrected chi connectivity index (χ3v) is 6.49. The second kappa shape index (κ2) is 10.8. The molecule has 0 aliphatic carbocycles. The van der Waals surface area contributed by atoms with Gasteiger partial charge in [-0.15, -0.1) is 5.10 Å². The summed E-state index contributed by atoms with van der Waals surface area (Å²) < 4.78 is 23.6. The van der Waals surface area contributed by atoms with E-state index in [9.17, 15) is 4.79 Å². The van der Waals surface area contributed by atoms with E-state index in [0.29, 0.717) is 51.7 Å². The van der Waals surface area contributed by atoms with Crippen LogP contribution in [0.1, 0.15) is 18.5 Å². The normalized spacial score (nSPS) is 14.2. The predicted molar refractivity (Wildman–Crippen MR) is 148 cm³/mol. The Hall–Kier alpha value is -4.99. The molecule has 200 valence electrons. The van der Waals surface area contributed by atoms with Gasteiger partial charge in [0.2, 0.25) is 5.95 Å². The molecule has 1 aliphatic rings. The zero-order chi connectivity index (χ0) is 27.5. The number of aromatic nitrogens is 3. The largest absolute Gasteiger partial charge is 0.493 e. The number of rotatable bonds is 8. The summed E-state index contributed by atoms with van der Waals surface area (Å²) in [7, 11) is 6.31. The fraction of sp³-hybridized carbons (Fsp3) is 0.207. The molecule has 10 nitrogen and oxygen atoms in total. The second-order valence-corrected chi connectivity index (χ2v) is 8.77. The van der Waals surface area contributed by atoms with Crippen LogP contribution >= 0.6 is 0 Å². The van der Waals surface area contributed by atoms with Crippen LogP contribution in [0.25, 0.3) is 11.4 Å². The van der Waals surface area contributed by atoms with Crippen molar-refractivity contribution in [3.05, 3.63) is 83.6 Å². The quantitative estimate of drug-likeness (QED) is 0.333. The van der Waals surface area contributed by atoms with Gasteiger partial charge in [-0.05, 0) is 55.0 Å². The fourth-order valence-electron chi connectivity index (χ4n) is 4.59. The summed E-state index contributed by atoms with van der Waals surface area (Å²) in [5, 5.41) is 11.1. The van der Waals surface area contributed by atoms with Crippen LogP contribution < -0.4 is 29.6 Å². The van der Waals surface area contributed by atoms with E-state index in [1.165, 1.54) is 0 Å². The van der Waals surface area contributed by atoms with Gasteiger partial charge in [0.05, 0.1) is 34.0 Å². The summed E-state index contributed by atoms with van der Waals surface area (Å²) in [6.07, 6.45) is 0. The van der Waals surface area contributed by atoms with Gasteiger partial charge in [-0.2, -0.15) is 4.98 Å². The first-order chi connectivity index (χ1) is 19.0. The average molecular weight is 528 g/mol. The van der Waals surface area contributed by atoms with Gasteiger partial charge in [-0.25, -0.2) is 4.68 Å². The number of nitrogens with zero attached hydrogens (tertiary/aromatic N) is 3. The van der Waals surface area contributed by atoms with Crippen molar-refractivity contribution in [3.8, 4) is 34.4 Å². The Morgan fingerprint density at radius 3 is 2.15 bits per heavy atom. The molecular formula is C29H29N5O5. The standard InChI is InChI=1S/C29H29N5O5/c1-17-25(28(35)31-20-9-7-6-8-10-20)26(18-11-13-21(36-2)23(15-18)38-4)34-29(30-17)32-27(33-34)19-12-14-22(37-3)24(16-19)39-5/h6-16,26H,1-5H3,(H,31,35)(H,30,32,33). The number of carbonyl (C=O) groups is 1. The molecule has 0 bridgehead atoms. The highest BCUT2D eigenvalue weighted by atomic mass is 16.5. The van der Waals surface area contributed by atoms with Gasteiger partial charge in [0.1, 0.15) is 6.04 Å². The Morgan fingerprint density at radius 2 is 1.49 bits per heavy atom. The summed E-state index contributed by atoms with van der Waals surface area (Å²) in [4.78, 5) is 18.5. The maximum Gasteiger partial charge on any atom is 0.255 e. The topological polar surface area (TPSA) is 109 Å². The van der Waals surface area contributed by atoms with Gasteiger partial charge in [-0.1, -0.05) is 24.3 Å². The summed E-state index contributed by atoms with van der Waals surface area (Å²) in [5.41, 5.74) is 3.33. The minimum atomic E-state index is -0.605. The van der Waals surface area contributed by atoms with Gasteiger partial charge in [0.25, 0.3) is 5.91 Å². The molecule has 3 aromatic carbocycles. The molecule has 1 amide bonds. The Labute approximate surface area is 226 Å². The molecule has 1 unspecified atom stereocenters. The lowest BCUT2D eigenvalue weighted by Gasteiger charge is -2.29. The van der Waals surface area contributed by atoms with Crippen LogP contribution in [0.2, 0.25) is 0 Å². The van der Waals surface area contributed by atoms with Gasteiger partial charge >= 0.3 is 0 Å². The number of amides is 1. The Bertz CT molecular complexity index is 1550. The molecule has 2 N–H and O–H groups in total. The lowest BCUT2D eigenvalue weighted by Crippen LogP contribution is -2.31. The zero-order valence-corrected chi connectivity index (χ0v) is 22.3. The van der Waals surface area contributed by atoms with Crippen molar-refractivity contribution in [1.29, 1.82) is 0 Å². The van der Waals surface area contributed by atoms with E-state index in [0.717, 1.165) is 11.1 Å². The highest BCUT2D eigenvalue weighted by Gasteiger charge is 2.35. The average Bonchev–Trinajstić information content (AvgIpc) is 3.39. The Balaban J connectivity index is 1.63. The van der Waals surface area contributed by atoms with Crippen LogP contribution in [0, 0.1) is 0 Å². The summed E-state index contributed by atoms with van der Waals surface area (Å²) >= 11 is 0. The molecule has 0 fully saturated rings. The number of allylic oxidation sites excluding steroid dienone is 1. The summed E-state index contributed by atoms with van der Waals surface area (Å²) in [5.74, 6) is 2.97. The van der Waals surface area contributed by atoms with Crippen LogP contribution in [0.4, 0.5) is 11.6 Å². The van der Waals surface area contributed by atoms with Crippen LogP contribution in [-0.4, -0.2) is 49.1 Å². The SMILES string of the molecule is COc1ccc(-c2nc3n(n2)C(c2ccc(OC)c(OC)c2)C(C(=O)Nc2ccccc2)=C(C)N3)cc1OC. The number of benzene rings is 3. The Morgan fingerprint density at radius 1 is 0.846 bits per heavy atom. The minimum absolute atomic E-state index is 0.264. The zero-order valence-electron chi connectivity index (χ0n) is 22.3. The number of nitrogens with one attached hydrogen (secondary N) is 2. The molecule has 0 saturated carbocycles. The molecule has 0 spiro atoms. The van der Waals surface area contributed by atoms with E-state index >= 15 is 0 Å². The maximum atomic E-state index is 13.7. The van der Waals surface area contributed by atoms with E-state index in [1.807, 2.05) is 67.6 Å². The first-order valence-electron chi connectivity index (χ1n) is 12.2. The highest BCUT2D eigenvalue weighted by Crippen LogP contribution is 2.40. The predicted octanol–water partition coefficient (Wildman–Crippen LogP) is 4.91. The van der Waals surface area contributed by atoms with Crippen molar-refractivity contribution in [3.63, 3.8) is 0 Å². The maximum absolute atomic E-state index is 13.7. The summed E-state index contributed by atoms with van der Waals surface area (Å²) in [6, 6.07) is 19.7. The molecular weight excluding hydrogens is 498 g/mol. The lowest BCUT2D eigenvalue weighted by atomic mass is 9.94. The van der Waals surface area contributed by atoms with Gasteiger partial charge in [0.15, 0.2) is 28.8 Å². The molecule has 0 saturated heterocycles. The van der Waals surface area contributed by atoms with E-state index in [1.54, 1.807) is 39.2 Å². The van der Waals surface area contributed by atoms with Crippen LogP contribution in [0.3, 0.4) is 0 Å². The van der Waals surface area contributed by atoms with Crippen LogP contribution in [-0.2, 0) is 4.79 Å². The third-order valence-electron chi connectivity index (χ3n) is 6.49. The molecule has 1 aliphatic heterocycles. The number of hydrogen-bond donors (Lipinski definition) is 2. The molecule has 5 rings (SSSR count). The molecule has 2 heterocycles. The molecule has 39 heavy (non-hydrogen) atoms. The first kappa shape index (κ1) is 25.7. The van der Waals surface area contributed by atoms with Crippen LogP contribution in [0.15, 0.2) is 78.0 Å². The molecule has 0 radical (unpaired) electrons. The van der Waals surface area contributed by atoms with Gasteiger partial charge in [-0.3, -0.25) is 4.79 Å². The minimum Gasteiger partial charge on any atom is -0.493 e. The van der Waals surface area contributed by atoms with Crippen molar-refractivity contribution >= 4 is 17.5 Å². The number of anilines is 2. The van der Waals surface area contributed by atoms with E-state index in [4.69, 9.17) is 29.0 Å². The number of hydrogen-bond acceptors (Lipinski definition) is 8. The van der Waals surface area contributed by atoms with E-state index in [2.05, 4.69) is 10.6 Å². The number of methoxy groups -OCH3 is 4. The smallest absolute Gasteiger partial charge is 0.255 e. The third kappa shape index (κ3) is 4.84. The molecule has 1 aromatic heterocycles. The first-order valence-corrected chi connectivity index (χ1v) is 12.2. The van der Waals surface area contributed by atoms with E-state index in [-0.39, 0.29) is 5.91 Å². The van der Waals surface area contributed by atoms with Crippen molar-refractivity contribution in [1.82, 2.24) is 14.8 Å². The van der Waals surface area contributed by atoms with Crippen molar-refractivity contribution in [2.45, 2.75) is 13.0 Å². The second-order valence-electron chi connectivity index (χ2n) is 8.77. The number of ether oxygens (including phenoxy) is 4. The fourth-order valence-corrected chi connectivity index (χ4v) is 4.59. The lowest BCUT2D eigenvalue weighted by molar-refractivity contribution is -0.113. The monoisotopic (exact) mass is 527 g/mol. The van der Waals surface area contributed by atoms with Crippen molar-refractivity contribution in [2.24, 2.45) is 0 Å². The number of para-hydroxylation sites is 1.